The summed E-state index contributed by atoms with van der Waals surface area (Å²) < 4.78 is 0. The fraction of sp³-hybridized carbons (Fsp3) is 0.333. The Bertz CT molecular complexity index is 786. The van der Waals surface area contributed by atoms with Gasteiger partial charge in [0, 0.05) is 18.2 Å². The van der Waals surface area contributed by atoms with Gasteiger partial charge < -0.3 is 15.7 Å². The second kappa shape index (κ2) is 9.98. The minimum absolute atomic E-state index is 0.345. The Kier molecular flexibility index (Phi) is 7.69. The lowest BCUT2D eigenvalue weighted by Gasteiger charge is -2.19. The molecule has 7 heteroatoms. The third-order valence-corrected chi connectivity index (χ3v) is 4.31. The van der Waals surface area contributed by atoms with Gasteiger partial charge in [-0.05, 0) is 35.7 Å². The molecule has 0 radical (unpaired) electrons. The number of hydrogen-bond donors (Lipinski definition) is 5. The summed E-state index contributed by atoms with van der Waals surface area (Å²) >= 11 is 0. The number of hydroxylamine groups is 1. The van der Waals surface area contributed by atoms with Crippen LogP contribution in [-0.4, -0.2) is 40.3 Å². The van der Waals surface area contributed by atoms with E-state index in [9.17, 15) is 14.7 Å². The van der Waals surface area contributed by atoms with Crippen molar-refractivity contribution >= 4 is 11.8 Å². The van der Waals surface area contributed by atoms with Gasteiger partial charge >= 0.3 is 0 Å². The summed E-state index contributed by atoms with van der Waals surface area (Å²) in [4.78, 5) is 23.8. The molecular weight excluding hydrogens is 358 g/mol. The van der Waals surface area contributed by atoms with Gasteiger partial charge in [0.05, 0.1) is 6.10 Å². The first-order valence-corrected chi connectivity index (χ1v) is 9.17. The van der Waals surface area contributed by atoms with Gasteiger partial charge in [0.2, 0.25) is 0 Å². The van der Waals surface area contributed by atoms with Crippen LogP contribution in [0.4, 0.5) is 0 Å². The van der Waals surface area contributed by atoms with E-state index < -0.39 is 24.0 Å². The maximum atomic E-state index is 12.3. The molecule has 0 unspecified atom stereocenters. The average Bonchev–Trinajstić information content (AvgIpc) is 2.70. The van der Waals surface area contributed by atoms with Crippen LogP contribution in [0.3, 0.4) is 0 Å². The van der Waals surface area contributed by atoms with Gasteiger partial charge in [0.15, 0.2) is 0 Å². The zero-order chi connectivity index (χ0) is 20.7. The molecule has 0 aliphatic rings. The fourth-order valence-electron chi connectivity index (χ4n) is 2.65. The van der Waals surface area contributed by atoms with Gasteiger partial charge in [-0.15, -0.1) is 0 Å². The summed E-state index contributed by atoms with van der Waals surface area (Å²) in [7, 11) is 0. The molecule has 28 heavy (non-hydrogen) atoms. The number of carbonyl (C=O) groups excluding carboxylic acids is 2. The number of benzene rings is 2. The molecule has 7 nitrogen and oxygen atoms in total. The first kappa shape index (κ1) is 21.6. The van der Waals surface area contributed by atoms with Crippen molar-refractivity contribution in [3.05, 3.63) is 59.7 Å². The lowest BCUT2D eigenvalue weighted by Crippen LogP contribution is -2.51. The van der Waals surface area contributed by atoms with E-state index in [-0.39, 0.29) is 0 Å². The summed E-state index contributed by atoms with van der Waals surface area (Å²) in [5, 5.41) is 24.1. The molecule has 150 valence electrons. The maximum Gasteiger partial charge on any atom is 0.268 e. The molecule has 0 saturated heterocycles. The van der Waals surface area contributed by atoms with E-state index in [1.807, 2.05) is 24.3 Å². The highest BCUT2D eigenvalue weighted by atomic mass is 16.5. The van der Waals surface area contributed by atoms with Gasteiger partial charge in [0.1, 0.15) is 6.04 Å². The van der Waals surface area contributed by atoms with E-state index in [1.165, 1.54) is 18.0 Å². The summed E-state index contributed by atoms with van der Waals surface area (Å²) in [5.74, 6) is -1.40. The predicted molar refractivity (Wildman–Crippen MR) is 107 cm³/mol. The van der Waals surface area contributed by atoms with Crippen LogP contribution in [0.25, 0.3) is 11.1 Å². The van der Waals surface area contributed by atoms with Crippen LogP contribution in [0.2, 0.25) is 0 Å². The van der Waals surface area contributed by atoms with Crippen molar-refractivity contribution in [1.29, 1.82) is 0 Å². The van der Waals surface area contributed by atoms with Crippen LogP contribution in [0.1, 0.15) is 36.7 Å². The van der Waals surface area contributed by atoms with E-state index in [0.717, 1.165) is 17.7 Å². The molecule has 0 aliphatic carbocycles. The van der Waals surface area contributed by atoms with Crippen LogP contribution in [-0.2, 0) is 11.3 Å². The summed E-state index contributed by atoms with van der Waals surface area (Å²) in [6.07, 6.45) is -1.15. The average molecular weight is 385 g/mol. The molecule has 0 aliphatic heterocycles. The Morgan fingerprint density at radius 1 is 0.929 bits per heavy atom. The number of nitrogens with one attached hydrogen (secondary N) is 3. The highest BCUT2D eigenvalue weighted by molar-refractivity contribution is 5.97. The number of aliphatic hydroxyl groups is 1. The SMILES string of the molecule is CC(C)NCc1ccc(-c2ccc(C(=O)N[C@H](C(=O)NO)[C@@H](C)O)cc2)cc1. The Hall–Kier alpha value is -2.74. The van der Waals surface area contributed by atoms with Gasteiger partial charge in [-0.2, -0.15) is 0 Å². The standard InChI is InChI=1S/C21H27N3O4/c1-13(2)22-12-15-4-6-16(7-5-15)17-8-10-18(11-9-17)20(26)23-19(14(3)25)21(27)24-28/h4-11,13-14,19,22,25,28H,12H2,1-3H3,(H,23,26)(H,24,27)/t14-,19+/m1/s1. The minimum atomic E-state index is -1.25. The summed E-state index contributed by atoms with van der Waals surface area (Å²) in [6.45, 7) is 6.37. The molecule has 0 heterocycles. The lowest BCUT2D eigenvalue weighted by molar-refractivity contribution is -0.133. The van der Waals surface area contributed by atoms with Crippen molar-refractivity contribution in [3.63, 3.8) is 0 Å². The number of amides is 2. The molecule has 0 fully saturated rings. The smallest absolute Gasteiger partial charge is 0.268 e. The molecule has 0 bridgehead atoms. The highest BCUT2D eigenvalue weighted by Gasteiger charge is 2.25. The first-order chi connectivity index (χ1) is 13.3. The largest absolute Gasteiger partial charge is 0.391 e. The van der Waals surface area contributed by atoms with Gasteiger partial charge in [0.25, 0.3) is 11.8 Å². The van der Waals surface area contributed by atoms with Crippen molar-refractivity contribution in [2.45, 2.75) is 45.5 Å². The summed E-state index contributed by atoms with van der Waals surface area (Å²) in [5.41, 5.74) is 4.96. The van der Waals surface area contributed by atoms with Crippen molar-refractivity contribution in [1.82, 2.24) is 16.1 Å². The van der Waals surface area contributed by atoms with Crippen LogP contribution in [0, 0.1) is 0 Å². The number of hydrogen-bond acceptors (Lipinski definition) is 5. The minimum Gasteiger partial charge on any atom is -0.391 e. The van der Waals surface area contributed by atoms with Gasteiger partial charge in [-0.25, -0.2) is 5.48 Å². The maximum absolute atomic E-state index is 12.3. The van der Waals surface area contributed by atoms with Gasteiger partial charge in [-0.3, -0.25) is 14.8 Å². The predicted octanol–water partition coefficient (Wildman–Crippen LogP) is 1.84. The van der Waals surface area contributed by atoms with E-state index >= 15 is 0 Å². The number of aliphatic hydroxyl groups excluding tert-OH is 1. The Balaban J connectivity index is 2.06. The Labute approximate surface area is 164 Å². The van der Waals surface area contributed by atoms with Crippen molar-refractivity contribution in [3.8, 4) is 11.1 Å². The third-order valence-electron chi connectivity index (χ3n) is 4.31. The number of carbonyl (C=O) groups is 2. The molecule has 2 aromatic rings. The van der Waals surface area contributed by atoms with Crippen LogP contribution in [0.15, 0.2) is 48.5 Å². The summed E-state index contributed by atoms with van der Waals surface area (Å²) in [6, 6.07) is 14.3. The topological polar surface area (TPSA) is 111 Å². The van der Waals surface area contributed by atoms with E-state index in [2.05, 4.69) is 36.6 Å². The van der Waals surface area contributed by atoms with Crippen LogP contribution < -0.4 is 16.1 Å². The Morgan fingerprint density at radius 3 is 1.93 bits per heavy atom. The molecular formula is C21H27N3O4. The molecule has 5 N–H and O–H groups in total. The highest BCUT2D eigenvalue weighted by Crippen LogP contribution is 2.20. The molecule has 2 atom stereocenters. The van der Waals surface area contributed by atoms with Crippen LogP contribution >= 0.6 is 0 Å². The third kappa shape index (κ3) is 5.88. The first-order valence-electron chi connectivity index (χ1n) is 9.17. The van der Waals surface area contributed by atoms with E-state index in [0.29, 0.717) is 11.6 Å². The van der Waals surface area contributed by atoms with Crippen molar-refractivity contribution in [2.24, 2.45) is 0 Å². The molecule has 2 rings (SSSR count). The zero-order valence-electron chi connectivity index (χ0n) is 16.3. The second-order valence-corrected chi connectivity index (χ2v) is 6.98. The quantitative estimate of drug-likeness (QED) is 0.352. The van der Waals surface area contributed by atoms with E-state index in [1.54, 1.807) is 12.1 Å². The Morgan fingerprint density at radius 2 is 1.46 bits per heavy atom. The molecule has 0 aromatic heterocycles. The molecule has 2 amide bonds. The van der Waals surface area contributed by atoms with Gasteiger partial charge in [-0.1, -0.05) is 50.2 Å². The molecule has 0 spiro atoms. The normalized spacial score (nSPS) is 13.1. The second-order valence-electron chi connectivity index (χ2n) is 6.98. The molecule has 0 saturated carbocycles. The monoisotopic (exact) mass is 385 g/mol. The fourth-order valence-corrected chi connectivity index (χ4v) is 2.65. The van der Waals surface area contributed by atoms with E-state index in [4.69, 9.17) is 5.21 Å². The molecule has 2 aromatic carbocycles. The zero-order valence-corrected chi connectivity index (χ0v) is 16.3. The number of rotatable bonds is 8. The van der Waals surface area contributed by atoms with Crippen molar-refractivity contribution in [2.75, 3.05) is 0 Å². The van der Waals surface area contributed by atoms with Crippen LogP contribution in [0.5, 0.6) is 0 Å². The lowest BCUT2D eigenvalue weighted by atomic mass is 10.0. The van der Waals surface area contributed by atoms with Crippen molar-refractivity contribution < 1.29 is 19.9 Å².